The van der Waals surface area contributed by atoms with Crippen molar-refractivity contribution >= 4 is 21.7 Å². The second-order valence-corrected chi connectivity index (χ2v) is 10.9. The van der Waals surface area contributed by atoms with Gasteiger partial charge in [-0.2, -0.15) is 10.2 Å². The molecule has 2 fully saturated rings. The fraction of sp³-hybridized carbons (Fsp3) is 0.387. The van der Waals surface area contributed by atoms with E-state index in [-0.39, 0.29) is 0 Å². The average molecular weight is 507 g/mol. The van der Waals surface area contributed by atoms with Crippen LogP contribution in [0.3, 0.4) is 0 Å². The molecule has 2 aromatic heterocycles. The summed E-state index contributed by atoms with van der Waals surface area (Å²) in [6, 6.07) is 19.2. The van der Waals surface area contributed by atoms with Gasteiger partial charge in [0.15, 0.2) is 5.82 Å². The molecule has 0 unspecified atom stereocenters. The Morgan fingerprint density at radius 1 is 0.816 bits per heavy atom. The van der Waals surface area contributed by atoms with Crippen LogP contribution in [-0.2, 0) is 6.42 Å². The van der Waals surface area contributed by atoms with Gasteiger partial charge in [-0.25, -0.2) is 4.98 Å². The SMILES string of the molecule is c1cc2cc(-c3n[nH]c4ccc(-c5n[nH]c(CC6CC6)n5)cc34)ccc2cc1OCCN1CCCCCC1. The van der Waals surface area contributed by atoms with E-state index in [0.717, 1.165) is 70.6 Å². The molecule has 38 heavy (non-hydrogen) atoms. The van der Waals surface area contributed by atoms with Crippen LogP contribution in [0.2, 0.25) is 0 Å². The summed E-state index contributed by atoms with van der Waals surface area (Å²) in [6.45, 7) is 4.14. The molecule has 3 heterocycles. The smallest absolute Gasteiger partial charge is 0.181 e. The number of fused-ring (bicyclic) bond motifs is 2. The van der Waals surface area contributed by atoms with Gasteiger partial charge in [0.2, 0.25) is 0 Å². The highest BCUT2D eigenvalue weighted by molar-refractivity contribution is 5.97. The maximum Gasteiger partial charge on any atom is 0.181 e. The van der Waals surface area contributed by atoms with Crippen LogP contribution in [0.1, 0.15) is 44.3 Å². The van der Waals surface area contributed by atoms with Crippen molar-refractivity contribution in [2.75, 3.05) is 26.2 Å². The molecule has 3 aromatic carbocycles. The third kappa shape index (κ3) is 5.03. The lowest BCUT2D eigenvalue weighted by Crippen LogP contribution is -2.29. The molecular formula is C31H34N6O. The number of hydrogen-bond acceptors (Lipinski definition) is 5. The summed E-state index contributed by atoms with van der Waals surface area (Å²) in [6.07, 6.45) is 8.95. The Balaban J connectivity index is 1.09. The predicted octanol–water partition coefficient (Wildman–Crippen LogP) is 6.38. The van der Waals surface area contributed by atoms with E-state index in [1.54, 1.807) is 0 Å². The number of H-pyrrole nitrogens is 2. The van der Waals surface area contributed by atoms with Gasteiger partial charge in [-0.15, -0.1) is 0 Å². The van der Waals surface area contributed by atoms with Crippen LogP contribution >= 0.6 is 0 Å². The molecule has 7 heteroatoms. The summed E-state index contributed by atoms with van der Waals surface area (Å²) in [4.78, 5) is 7.28. The number of ether oxygens (including phenoxy) is 1. The molecule has 1 aliphatic carbocycles. The van der Waals surface area contributed by atoms with E-state index in [9.17, 15) is 0 Å². The highest BCUT2D eigenvalue weighted by Crippen LogP contribution is 2.34. The second-order valence-electron chi connectivity index (χ2n) is 10.9. The van der Waals surface area contributed by atoms with Gasteiger partial charge >= 0.3 is 0 Å². The predicted molar refractivity (Wildman–Crippen MR) is 151 cm³/mol. The van der Waals surface area contributed by atoms with E-state index in [2.05, 4.69) is 79.9 Å². The second kappa shape index (κ2) is 10.2. The van der Waals surface area contributed by atoms with Gasteiger partial charge < -0.3 is 4.74 Å². The maximum atomic E-state index is 6.13. The molecule has 0 atom stereocenters. The Kier molecular flexibility index (Phi) is 6.29. The molecule has 194 valence electrons. The molecule has 1 aliphatic heterocycles. The quantitative estimate of drug-likeness (QED) is 0.255. The third-order valence-corrected chi connectivity index (χ3v) is 7.99. The summed E-state index contributed by atoms with van der Waals surface area (Å²) in [7, 11) is 0. The minimum absolute atomic E-state index is 0.734. The topological polar surface area (TPSA) is 82.7 Å². The number of rotatable bonds is 8. The Labute approximate surface area is 222 Å². The zero-order chi connectivity index (χ0) is 25.3. The monoisotopic (exact) mass is 506 g/mol. The molecule has 1 saturated heterocycles. The van der Waals surface area contributed by atoms with Crippen LogP contribution in [0.5, 0.6) is 5.75 Å². The van der Waals surface area contributed by atoms with Crippen molar-refractivity contribution in [3.8, 4) is 28.4 Å². The van der Waals surface area contributed by atoms with Crippen molar-refractivity contribution in [3.05, 3.63) is 60.4 Å². The van der Waals surface area contributed by atoms with Gasteiger partial charge in [0, 0.05) is 29.5 Å². The van der Waals surface area contributed by atoms with Crippen LogP contribution in [0.4, 0.5) is 0 Å². The minimum atomic E-state index is 0.734. The fourth-order valence-electron chi connectivity index (χ4n) is 5.60. The molecule has 2 aliphatic rings. The standard InChI is InChI=1S/C31H34N6O/c1-2-4-14-37(13-3-1)15-16-38-26-11-9-22-18-24(8-7-23(22)19-26)30-27-20-25(10-12-28(27)33-35-30)31-32-29(34-36-31)17-21-5-6-21/h7-12,18-21H,1-6,13-17H2,(H,33,35)(H,32,34,36). The Bertz CT molecular complexity index is 1560. The maximum absolute atomic E-state index is 6.13. The van der Waals surface area contributed by atoms with Crippen molar-refractivity contribution < 1.29 is 4.74 Å². The number of hydrogen-bond donors (Lipinski definition) is 2. The molecule has 0 amide bonds. The van der Waals surface area contributed by atoms with Crippen LogP contribution in [0.15, 0.2) is 54.6 Å². The lowest BCUT2D eigenvalue weighted by atomic mass is 10.0. The molecule has 2 N–H and O–H groups in total. The van der Waals surface area contributed by atoms with E-state index >= 15 is 0 Å². The zero-order valence-electron chi connectivity index (χ0n) is 21.7. The number of benzene rings is 3. The first-order valence-corrected chi connectivity index (χ1v) is 14.1. The summed E-state index contributed by atoms with van der Waals surface area (Å²) in [5.74, 6) is 3.44. The van der Waals surface area contributed by atoms with E-state index in [4.69, 9.17) is 9.72 Å². The van der Waals surface area contributed by atoms with Crippen molar-refractivity contribution in [2.24, 2.45) is 5.92 Å². The van der Waals surface area contributed by atoms with Gasteiger partial charge in [-0.3, -0.25) is 15.1 Å². The van der Waals surface area contributed by atoms with E-state index in [1.807, 2.05) is 0 Å². The molecule has 0 spiro atoms. The number of aromatic nitrogens is 5. The molecule has 7 nitrogen and oxygen atoms in total. The molecule has 5 aromatic rings. The molecule has 0 bridgehead atoms. The Morgan fingerprint density at radius 2 is 1.63 bits per heavy atom. The lowest BCUT2D eigenvalue weighted by molar-refractivity contribution is 0.214. The van der Waals surface area contributed by atoms with Crippen molar-refractivity contribution in [1.29, 1.82) is 0 Å². The summed E-state index contributed by atoms with van der Waals surface area (Å²) in [5, 5.41) is 18.9. The first-order chi connectivity index (χ1) is 18.8. The van der Waals surface area contributed by atoms with E-state index in [1.165, 1.54) is 62.4 Å². The average Bonchev–Trinajstić information content (AvgIpc) is 3.57. The van der Waals surface area contributed by atoms with E-state index < -0.39 is 0 Å². The zero-order valence-corrected chi connectivity index (χ0v) is 21.7. The summed E-state index contributed by atoms with van der Waals surface area (Å²) < 4.78 is 6.13. The number of nitrogens with one attached hydrogen (secondary N) is 2. The summed E-state index contributed by atoms with van der Waals surface area (Å²) >= 11 is 0. The summed E-state index contributed by atoms with van der Waals surface area (Å²) in [5.41, 5.74) is 4.03. The number of likely N-dealkylation sites (tertiary alicyclic amines) is 1. The van der Waals surface area contributed by atoms with Crippen molar-refractivity contribution in [3.63, 3.8) is 0 Å². The first-order valence-electron chi connectivity index (χ1n) is 14.1. The largest absolute Gasteiger partial charge is 0.492 e. The first kappa shape index (κ1) is 23.4. The van der Waals surface area contributed by atoms with Gasteiger partial charge in [0.1, 0.15) is 18.2 Å². The van der Waals surface area contributed by atoms with Crippen LogP contribution in [0.25, 0.3) is 44.3 Å². The molecule has 1 saturated carbocycles. The van der Waals surface area contributed by atoms with Gasteiger partial charge in [-0.05, 0) is 91.9 Å². The number of aromatic amines is 2. The highest BCUT2D eigenvalue weighted by atomic mass is 16.5. The van der Waals surface area contributed by atoms with Gasteiger partial charge in [0.25, 0.3) is 0 Å². The lowest BCUT2D eigenvalue weighted by Gasteiger charge is -2.19. The molecule has 0 radical (unpaired) electrons. The highest BCUT2D eigenvalue weighted by Gasteiger charge is 2.23. The Morgan fingerprint density at radius 3 is 2.50 bits per heavy atom. The number of nitrogens with zero attached hydrogens (tertiary/aromatic N) is 4. The minimum Gasteiger partial charge on any atom is -0.492 e. The van der Waals surface area contributed by atoms with Crippen LogP contribution in [0, 0.1) is 5.92 Å². The molecule has 7 rings (SSSR count). The fourth-order valence-corrected chi connectivity index (χ4v) is 5.60. The molecular weight excluding hydrogens is 472 g/mol. The van der Waals surface area contributed by atoms with E-state index in [0.29, 0.717) is 0 Å². The van der Waals surface area contributed by atoms with Crippen LogP contribution < -0.4 is 4.74 Å². The Hall–Kier alpha value is -3.71. The van der Waals surface area contributed by atoms with Gasteiger partial charge in [-0.1, -0.05) is 31.0 Å². The normalized spacial score (nSPS) is 16.7. The van der Waals surface area contributed by atoms with Crippen LogP contribution in [-0.4, -0.2) is 56.5 Å². The van der Waals surface area contributed by atoms with Gasteiger partial charge in [0.05, 0.1) is 11.2 Å². The van der Waals surface area contributed by atoms with Crippen molar-refractivity contribution in [1.82, 2.24) is 30.3 Å². The third-order valence-electron chi connectivity index (χ3n) is 7.99. The van der Waals surface area contributed by atoms with Crippen molar-refractivity contribution in [2.45, 2.75) is 44.9 Å².